The molecule has 0 unspecified atom stereocenters. The van der Waals surface area contributed by atoms with Gasteiger partial charge in [0.05, 0.1) is 16.7 Å². The number of rotatable bonds is 4. The van der Waals surface area contributed by atoms with E-state index >= 15 is 0 Å². The Hall–Kier alpha value is -1.08. The number of hydrogen-bond donors (Lipinski definition) is 2. The first kappa shape index (κ1) is 17.7. The predicted molar refractivity (Wildman–Crippen MR) is 88.3 cm³/mol. The van der Waals surface area contributed by atoms with Crippen LogP contribution in [0, 0.1) is 5.82 Å². The van der Waals surface area contributed by atoms with E-state index in [1.165, 1.54) is 12.1 Å². The molecular formula is C16H19Cl2FN2O3. The van der Waals surface area contributed by atoms with E-state index in [9.17, 15) is 14.3 Å². The van der Waals surface area contributed by atoms with Gasteiger partial charge in [-0.25, -0.2) is 8.81 Å². The highest BCUT2D eigenvalue weighted by Crippen LogP contribution is 2.49. The summed E-state index contributed by atoms with van der Waals surface area (Å²) in [4.78, 5) is 12.4. The lowest BCUT2D eigenvalue weighted by Crippen LogP contribution is -2.67. The van der Waals surface area contributed by atoms with Gasteiger partial charge in [-0.3, -0.25) is 4.79 Å². The largest absolute Gasteiger partial charge is 0.484 e. The van der Waals surface area contributed by atoms with Gasteiger partial charge in [0.1, 0.15) is 11.6 Å². The maximum Gasteiger partial charge on any atom is 0.275 e. The zero-order valence-corrected chi connectivity index (χ0v) is 14.5. The number of fused-ring (bicyclic) bond motifs is 3. The van der Waals surface area contributed by atoms with E-state index in [2.05, 4.69) is 0 Å². The van der Waals surface area contributed by atoms with Gasteiger partial charge in [-0.1, -0.05) is 11.6 Å². The molecule has 4 rings (SSSR count). The van der Waals surface area contributed by atoms with Gasteiger partial charge >= 0.3 is 0 Å². The van der Waals surface area contributed by atoms with Crippen molar-refractivity contribution in [2.75, 3.05) is 6.61 Å². The summed E-state index contributed by atoms with van der Waals surface area (Å²) in [6.45, 7) is -0.323. The summed E-state index contributed by atoms with van der Waals surface area (Å²) in [5.74, 6) is -0.864. The Balaban J connectivity index is 1.63. The number of carbonyl (C=O) groups is 1. The van der Waals surface area contributed by atoms with Crippen LogP contribution in [0.2, 0.25) is 5.02 Å². The van der Waals surface area contributed by atoms with Crippen LogP contribution < -0.4 is 10.5 Å². The number of hydrogen-bond acceptors (Lipinski definition) is 4. The third kappa shape index (κ3) is 3.08. The molecule has 3 N–H and O–H groups in total. The lowest BCUT2D eigenvalue weighted by molar-refractivity contribution is -0.141. The molecule has 5 nitrogen and oxygen atoms in total. The van der Waals surface area contributed by atoms with E-state index in [0.29, 0.717) is 32.1 Å². The number of carbonyl (C=O) groups excluding carboxylic acids is 1. The Morgan fingerprint density at radius 1 is 1.42 bits per heavy atom. The smallest absolute Gasteiger partial charge is 0.275 e. The van der Waals surface area contributed by atoms with E-state index in [0.717, 1.165) is 10.5 Å². The zero-order valence-electron chi connectivity index (χ0n) is 13.0. The topological polar surface area (TPSA) is 75.8 Å². The Kier molecular flexibility index (Phi) is 4.68. The van der Waals surface area contributed by atoms with Gasteiger partial charge in [0, 0.05) is 23.4 Å². The molecule has 3 aliphatic carbocycles. The second-order valence-corrected chi connectivity index (χ2v) is 7.46. The molecule has 0 spiro atoms. The quantitative estimate of drug-likeness (QED) is 0.791. The van der Waals surface area contributed by atoms with Crippen molar-refractivity contribution >= 4 is 29.3 Å². The molecule has 1 aromatic rings. The van der Waals surface area contributed by atoms with Crippen molar-refractivity contribution in [2.45, 2.75) is 49.3 Å². The highest BCUT2D eigenvalue weighted by molar-refractivity contribution is 6.30. The van der Waals surface area contributed by atoms with Gasteiger partial charge in [-0.05, 0) is 44.2 Å². The third-order valence-corrected chi connectivity index (χ3v) is 6.09. The second kappa shape index (κ2) is 6.33. The predicted octanol–water partition coefficient (Wildman–Crippen LogP) is 2.62. The number of nitrogens with zero attached hydrogens (tertiary/aromatic N) is 1. The summed E-state index contributed by atoms with van der Waals surface area (Å²) in [7, 11) is 0. The van der Waals surface area contributed by atoms with Gasteiger partial charge in [-0.15, -0.1) is 0 Å². The minimum Gasteiger partial charge on any atom is -0.484 e. The fraction of sp³-hybridized carbons (Fsp3) is 0.562. The molecule has 0 aromatic heterocycles. The molecule has 2 bridgehead atoms. The van der Waals surface area contributed by atoms with Crippen LogP contribution in [0.15, 0.2) is 18.2 Å². The summed E-state index contributed by atoms with van der Waals surface area (Å²) >= 11 is 11.9. The number of amides is 1. The van der Waals surface area contributed by atoms with Crippen molar-refractivity contribution in [1.82, 2.24) is 4.42 Å². The molecular weight excluding hydrogens is 358 g/mol. The van der Waals surface area contributed by atoms with Crippen LogP contribution in [0.4, 0.5) is 4.39 Å². The molecule has 1 amide bonds. The van der Waals surface area contributed by atoms with E-state index in [4.69, 9.17) is 33.8 Å². The summed E-state index contributed by atoms with van der Waals surface area (Å²) in [6.07, 6.45) is 2.20. The Labute approximate surface area is 149 Å². The van der Waals surface area contributed by atoms with Crippen molar-refractivity contribution in [1.29, 1.82) is 0 Å². The maximum absolute atomic E-state index is 13.4. The van der Waals surface area contributed by atoms with Crippen molar-refractivity contribution in [3.63, 3.8) is 0 Å². The highest BCUT2D eigenvalue weighted by Gasteiger charge is 2.55. The molecule has 3 saturated carbocycles. The lowest BCUT2D eigenvalue weighted by Gasteiger charge is -2.56. The second-order valence-electron chi connectivity index (χ2n) is 6.72. The van der Waals surface area contributed by atoms with E-state index in [-0.39, 0.29) is 17.4 Å². The summed E-state index contributed by atoms with van der Waals surface area (Å²) in [5, 5.41) is 10.2. The minimum atomic E-state index is -0.680. The van der Waals surface area contributed by atoms with Crippen molar-refractivity contribution in [3.05, 3.63) is 29.0 Å². The van der Waals surface area contributed by atoms with Gasteiger partial charge in [0.25, 0.3) is 5.91 Å². The highest BCUT2D eigenvalue weighted by atomic mass is 35.5. The summed E-state index contributed by atoms with van der Waals surface area (Å²) in [6, 6.07) is 3.94. The number of aliphatic hydroxyl groups excluding tert-OH is 1. The molecule has 3 fully saturated rings. The fourth-order valence-corrected chi connectivity index (χ4v) is 4.00. The maximum atomic E-state index is 13.4. The summed E-state index contributed by atoms with van der Waals surface area (Å²) < 4.78 is 19.8. The number of halogens is 3. The first-order valence-electron chi connectivity index (χ1n) is 7.79. The molecule has 0 radical (unpaired) electrons. The molecule has 1 atom stereocenters. The number of benzene rings is 1. The van der Waals surface area contributed by atoms with Gasteiger partial charge in [0.2, 0.25) is 0 Å². The molecule has 3 aliphatic rings. The molecule has 1 aromatic carbocycles. The van der Waals surface area contributed by atoms with Crippen molar-refractivity contribution in [2.24, 2.45) is 5.73 Å². The van der Waals surface area contributed by atoms with E-state index in [1.807, 2.05) is 0 Å². The minimum absolute atomic E-state index is 0.0183. The van der Waals surface area contributed by atoms with Crippen molar-refractivity contribution in [3.8, 4) is 5.75 Å². The first-order chi connectivity index (χ1) is 11.3. The van der Waals surface area contributed by atoms with Crippen LogP contribution in [0.1, 0.15) is 32.1 Å². The SMILES string of the molecule is NC12CCC(N(Cl)C(=O)COc3ccc(Cl)c(F)c3)(CC1)C[C@@H]2O. The average molecular weight is 377 g/mol. The molecule has 8 heteroatoms. The van der Waals surface area contributed by atoms with Gasteiger partial charge < -0.3 is 15.6 Å². The van der Waals surface area contributed by atoms with Crippen molar-refractivity contribution < 1.29 is 19.0 Å². The number of aliphatic hydroxyl groups is 1. The monoisotopic (exact) mass is 376 g/mol. The standard InChI is InChI=1S/C16H19Cl2FN2O3/c17-11-2-1-10(7-12(11)19)24-9-14(23)21(18)15-3-5-16(20,6-4-15)13(22)8-15/h1-2,7,13,22H,3-6,8-9,20H2/t13-,15?,16?/m0/s1. The fourth-order valence-electron chi connectivity index (χ4n) is 3.59. The molecule has 132 valence electrons. The van der Waals surface area contributed by atoms with E-state index < -0.39 is 28.9 Å². The number of ether oxygens (including phenoxy) is 1. The summed E-state index contributed by atoms with van der Waals surface area (Å²) in [5.41, 5.74) is 5.00. The van der Waals surface area contributed by atoms with Crippen LogP contribution in [0.5, 0.6) is 5.75 Å². The Morgan fingerprint density at radius 3 is 2.67 bits per heavy atom. The van der Waals surface area contributed by atoms with Crippen LogP contribution in [0.25, 0.3) is 0 Å². The van der Waals surface area contributed by atoms with Gasteiger partial charge in [-0.2, -0.15) is 0 Å². The van der Waals surface area contributed by atoms with Crippen LogP contribution in [-0.2, 0) is 4.79 Å². The normalized spacial score (nSPS) is 31.8. The van der Waals surface area contributed by atoms with Gasteiger partial charge in [0.15, 0.2) is 6.61 Å². The molecule has 0 saturated heterocycles. The lowest BCUT2D eigenvalue weighted by atomic mass is 9.60. The molecule has 24 heavy (non-hydrogen) atoms. The number of nitrogens with two attached hydrogens (primary N) is 1. The molecule has 0 aliphatic heterocycles. The third-order valence-electron chi connectivity index (χ3n) is 5.24. The molecule has 0 heterocycles. The van der Waals surface area contributed by atoms with Crippen LogP contribution in [-0.4, -0.2) is 39.2 Å². The van der Waals surface area contributed by atoms with E-state index in [1.54, 1.807) is 0 Å². The Morgan fingerprint density at radius 2 is 2.08 bits per heavy atom. The first-order valence-corrected chi connectivity index (χ1v) is 8.51. The average Bonchev–Trinajstić information content (AvgIpc) is 2.56. The Bertz CT molecular complexity index is 650. The zero-order chi connectivity index (χ0) is 17.5. The van der Waals surface area contributed by atoms with Crippen LogP contribution in [0.3, 0.4) is 0 Å². The van der Waals surface area contributed by atoms with Crippen LogP contribution >= 0.6 is 23.4 Å².